The highest BCUT2D eigenvalue weighted by atomic mass is 14.5. The highest BCUT2D eigenvalue weighted by Gasteiger charge is 2.30. The van der Waals surface area contributed by atoms with Crippen LogP contribution in [0.4, 0.5) is 5.69 Å². The predicted molar refractivity (Wildman–Crippen MR) is 105 cm³/mol. The van der Waals surface area contributed by atoms with Crippen LogP contribution >= 0.6 is 0 Å². The van der Waals surface area contributed by atoms with Gasteiger partial charge in [0.2, 0.25) is 0 Å². The lowest BCUT2D eigenvalue weighted by molar-refractivity contribution is 0.141. The molecule has 2 fully saturated rings. The van der Waals surface area contributed by atoms with Gasteiger partial charge in [-0.3, -0.25) is 0 Å². The Hall–Kier alpha value is -0.980. The highest BCUT2D eigenvalue weighted by Crippen LogP contribution is 2.42. The Morgan fingerprint density at radius 2 is 1.25 bits per heavy atom. The first kappa shape index (κ1) is 17.8. The molecule has 0 radical (unpaired) electrons. The van der Waals surface area contributed by atoms with Crippen LogP contribution in [0, 0.1) is 23.7 Å². The molecule has 0 atom stereocenters. The monoisotopic (exact) mass is 327 g/mol. The largest absolute Gasteiger partial charge is 0.399 e. The lowest BCUT2D eigenvalue weighted by Crippen LogP contribution is -2.26. The summed E-state index contributed by atoms with van der Waals surface area (Å²) in [6.45, 7) is 2.34. The Kier molecular flexibility index (Phi) is 6.63. The quantitative estimate of drug-likeness (QED) is 0.584. The number of aryl methyl sites for hydroxylation is 1. The molecule has 0 aliphatic heterocycles. The minimum atomic E-state index is 0.882. The van der Waals surface area contributed by atoms with Gasteiger partial charge in [-0.2, -0.15) is 0 Å². The van der Waals surface area contributed by atoms with Gasteiger partial charge in [-0.05, 0) is 79.9 Å². The van der Waals surface area contributed by atoms with E-state index in [4.69, 9.17) is 5.73 Å². The summed E-state index contributed by atoms with van der Waals surface area (Å²) in [6, 6.07) is 8.49. The maximum atomic E-state index is 5.78. The van der Waals surface area contributed by atoms with Gasteiger partial charge >= 0.3 is 0 Å². The van der Waals surface area contributed by atoms with Gasteiger partial charge in [0.15, 0.2) is 0 Å². The second-order valence-electron chi connectivity index (χ2n) is 8.63. The molecule has 0 spiro atoms. The standard InChI is InChI=1S/C23H37N/c1-2-3-18-6-12-21(13-7-18)22-14-8-19(9-15-22)4-5-20-10-16-23(24)17-11-20/h10-11,16-19,21-22H,2-9,12-15,24H2,1H3. The predicted octanol–water partition coefficient (Wildman–Crippen LogP) is 6.61. The SMILES string of the molecule is CCCC1CCC(C2CCC(CCc3ccc(N)cc3)CC2)CC1. The molecule has 3 rings (SSSR count). The minimum absolute atomic E-state index is 0.882. The molecule has 0 bridgehead atoms. The third-order valence-electron chi connectivity index (χ3n) is 6.97. The van der Waals surface area contributed by atoms with E-state index < -0.39 is 0 Å². The van der Waals surface area contributed by atoms with Gasteiger partial charge in [0.25, 0.3) is 0 Å². The summed E-state index contributed by atoms with van der Waals surface area (Å²) in [5, 5.41) is 0. The third-order valence-corrected chi connectivity index (χ3v) is 6.97. The molecule has 2 aliphatic carbocycles. The van der Waals surface area contributed by atoms with Crippen molar-refractivity contribution in [3.63, 3.8) is 0 Å². The number of anilines is 1. The number of rotatable bonds is 6. The van der Waals surface area contributed by atoms with E-state index in [1.54, 1.807) is 0 Å². The van der Waals surface area contributed by atoms with Crippen LogP contribution in [0.5, 0.6) is 0 Å². The van der Waals surface area contributed by atoms with E-state index in [0.29, 0.717) is 0 Å². The highest BCUT2D eigenvalue weighted by molar-refractivity contribution is 5.39. The van der Waals surface area contributed by atoms with Crippen LogP contribution in [0.2, 0.25) is 0 Å². The summed E-state index contributed by atoms with van der Waals surface area (Å²) in [4.78, 5) is 0. The summed E-state index contributed by atoms with van der Waals surface area (Å²) in [6.07, 6.45) is 17.6. The Morgan fingerprint density at radius 3 is 1.75 bits per heavy atom. The summed E-state index contributed by atoms with van der Waals surface area (Å²) in [5.41, 5.74) is 8.12. The fourth-order valence-electron chi connectivity index (χ4n) is 5.36. The topological polar surface area (TPSA) is 26.0 Å². The second-order valence-corrected chi connectivity index (χ2v) is 8.63. The third kappa shape index (κ3) is 5.01. The second kappa shape index (κ2) is 8.92. The first-order chi connectivity index (χ1) is 11.7. The van der Waals surface area contributed by atoms with Crippen molar-refractivity contribution < 1.29 is 0 Å². The van der Waals surface area contributed by atoms with Crippen LogP contribution in [0.15, 0.2) is 24.3 Å². The van der Waals surface area contributed by atoms with Crippen molar-refractivity contribution in [3.8, 4) is 0 Å². The molecule has 0 aromatic heterocycles. The van der Waals surface area contributed by atoms with Crippen LogP contribution in [-0.4, -0.2) is 0 Å². The molecule has 1 nitrogen and oxygen atoms in total. The van der Waals surface area contributed by atoms with E-state index in [-0.39, 0.29) is 0 Å². The zero-order valence-corrected chi connectivity index (χ0v) is 15.7. The molecule has 2 saturated carbocycles. The van der Waals surface area contributed by atoms with Gasteiger partial charge in [0, 0.05) is 5.69 Å². The number of nitrogen functional groups attached to an aromatic ring is 1. The summed E-state index contributed by atoms with van der Waals surface area (Å²) >= 11 is 0. The van der Waals surface area contributed by atoms with Crippen LogP contribution in [0.3, 0.4) is 0 Å². The van der Waals surface area contributed by atoms with E-state index in [0.717, 1.165) is 29.4 Å². The normalized spacial score (nSPS) is 31.0. The van der Waals surface area contributed by atoms with Crippen LogP contribution in [0.1, 0.15) is 83.1 Å². The molecule has 0 unspecified atom stereocenters. The lowest BCUT2D eigenvalue weighted by atomic mass is 9.68. The van der Waals surface area contributed by atoms with Gasteiger partial charge in [-0.1, -0.05) is 57.6 Å². The molecule has 1 heteroatoms. The molecule has 0 amide bonds. The molecule has 134 valence electrons. The number of hydrogen-bond acceptors (Lipinski definition) is 1. The van der Waals surface area contributed by atoms with Crippen molar-refractivity contribution in [2.75, 3.05) is 5.73 Å². The van der Waals surface area contributed by atoms with E-state index in [1.807, 2.05) is 12.1 Å². The minimum Gasteiger partial charge on any atom is -0.399 e. The molecule has 0 saturated heterocycles. The summed E-state index contributed by atoms with van der Waals surface area (Å²) < 4.78 is 0. The molecule has 2 aliphatic rings. The zero-order chi connectivity index (χ0) is 16.8. The van der Waals surface area contributed by atoms with E-state index >= 15 is 0 Å². The molecule has 2 N–H and O–H groups in total. The Balaban J connectivity index is 1.36. The van der Waals surface area contributed by atoms with E-state index in [9.17, 15) is 0 Å². The first-order valence-electron chi connectivity index (χ1n) is 10.6. The maximum Gasteiger partial charge on any atom is 0.0314 e. The average Bonchev–Trinajstić information content (AvgIpc) is 2.63. The molecule has 1 aromatic rings. The van der Waals surface area contributed by atoms with Gasteiger partial charge in [-0.25, -0.2) is 0 Å². The smallest absolute Gasteiger partial charge is 0.0314 e. The fourth-order valence-corrected chi connectivity index (χ4v) is 5.36. The molecule has 0 heterocycles. The van der Waals surface area contributed by atoms with Gasteiger partial charge in [0.05, 0.1) is 0 Å². The van der Waals surface area contributed by atoms with Crippen molar-refractivity contribution in [1.82, 2.24) is 0 Å². The number of hydrogen-bond donors (Lipinski definition) is 1. The maximum absolute atomic E-state index is 5.78. The molecule has 24 heavy (non-hydrogen) atoms. The van der Waals surface area contributed by atoms with E-state index in [1.165, 1.54) is 82.6 Å². The van der Waals surface area contributed by atoms with Crippen LogP contribution < -0.4 is 5.73 Å². The number of nitrogens with two attached hydrogens (primary N) is 1. The lowest BCUT2D eigenvalue weighted by Gasteiger charge is -2.38. The van der Waals surface area contributed by atoms with Crippen molar-refractivity contribution in [2.45, 2.75) is 84.0 Å². The molecule has 1 aromatic carbocycles. The van der Waals surface area contributed by atoms with Crippen LogP contribution in [0.25, 0.3) is 0 Å². The van der Waals surface area contributed by atoms with Gasteiger partial charge in [0.1, 0.15) is 0 Å². The molecular weight excluding hydrogens is 290 g/mol. The van der Waals surface area contributed by atoms with Crippen molar-refractivity contribution >= 4 is 5.69 Å². The van der Waals surface area contributed by atoms with Gasteiger partial charge < -0.3 is 5.73 Å². The Bertz CT molecular complexity index is 461. The summed E-state index contributed by atoms with van der Waals surface area (Å²) in [5.74, 6) is 4.15. The van der Waals surface area contributed by atoms with E-state index in [2.05, 4.69) is 19.1 Å². The number of benzene rings is 1. The van der Waals surface area contributed by atoms with Crippen molar-refractivity contribution in [3.05, 3.63) is 29.8 Å². The van der Waals surface area contributed by atoms with Gasteiger partial charge in [-0.15, -0.1) is 0 Å². The zero-order valence-electron chi connectivity index (χ0n) is 15.7. The first-order valence-corrected chi connectivity index (χ1v) is 10.6. The molecular formula is C23H37N. The van der Waals surface area contributed by atoms with Crippen LogP contribution in [-0.2, 0) is 6.42 Å². The Labute approximate surface area is 149 Å². The fraction of sp³-hybridized carbons (Fsp3) is 0.739. The van der Waals surface area contributed by atoms with Crippen molar-refractivity contribution in [2.24, 2.45) is 23.7 Å². The average molecular weight is 328 g/mol. The summed E-state index contributed by atoms with van der Waals surface area (Å²) in [7, 11) is 0. The Morgan fingerprint density at radius 1 is 0.750 bits per heavy atom. The van der Waals surface area contributed by atoms with Crippen molar-refractivity contribution in [1.29, 1.82) is 0 Å².